The van der Waals surface area contributed by atoms with E-state index < -0.39 is 28.3 Å². The van der Waals surface area contributed by atoms with E-state index in [9.17, 15) is 17.6 Å². The molecule has 0 aliphatic rings. The van der Waals surface area contributed by atoms with Crippen LogP contribution in [0.15, 0.2) is 53.0 Å². The molecule has 0 aromatic heterocycles. The third-order valence-electron chi connectivity index (χ3n) is 2.94. The number of para-hydroxylation sites is 1. The first-order chi connectivity index (χ1) is 10.8. The minimum absolute atomic E-state index is 0.0142. The summed E-state index contributed by atoms with van der Waals surface area (Å²) < 4.78 is 39.0. The molecule has 122 valence electrons. The van der Waals surface area contributed by atoms with Crippen molar-refractivity contribution in [2.45, 2.75) is 0 Å². The zero-order valence-corrected chi connectivity index (χ0v) is 14.6. The minimum atomic E-state index is -3.65. The van der Waals surface area contributed by atoms with Gasteiger partial charge in [-0.2, -0.15) is 0 Å². The molecule has 0 aliphatic carbocycles. The molecular weight excluding hydrogens is 387 g/mol. The second-order valence-corrected chi connectivity index (χ2v) is 7.60. The van der Waals surface area contributed by atoms with E-state index in [1.807, 2.05) is 0 Å². The lowest BCUT2D eigenvalue weighted by molar-refractivity contribution is -0.114. The molecule has 0 aliphatic heterocycles. The second-order valence-electron chi connectivity index (χ2n) is 4.78. The highest BCUT2D eigenvalue weighted by Crippen LogP contribution is 2.20. The standard InChI is InChI=1S/C15H14BrFN2O3S/c1-23(21,22)19(12-5-3-2-4-6-12)10-15(20)18-14-8-7-11(16)9-13(14)17/h2-9H,10H2,1H3,(H,18,20). The van der Waals surface area contributed by atoms with Crippen molar-refractivity contribution >= 4 is 43.2 Å². The van der Waals surface area contributed by atoms with Crippen molar-refractivity contribution in [3.05, 3.63) is 58.8 Å². The van der Waals surface area contributed by atoms with Crippen molar-refractivity contribution in [1.82, 2.24) is 0 Å². The van der Waals surface area contributed by atoms with Crippen molar-refractivity contribution in [2.24, 2.45) is 0 Å². The summed E-state index contributed by atoms with van der Waals surface area (Å²) in [6, 6.07) is 12.4. The molecule has 1 N–H and O–H groups in total. The van der Waals surface area contributed by atoms with Crippen molar-refractivity contribution in [2.75, 3.05) is 22.4 Å². The molecule has 2 aromatic carbocycles. The Kier molecular flexibility index (Phi) is 5.38. The van der Waals surface area contributed by atoms with Crippen LogP contribution in [0.25, 0.3) is 0 Å². The number of amides is 1. The number of rotatable bonds is 5. The van der Waals surface area contributed by atoms with Gasteiger partial charge in [-0.25, -0.2) is 12.8 Å². The Bertz CT molecular complexity index is 813. The average Bonchev–Trinajstić information content (AvgIpc) is 2.47. The summed E-state index contributed by atoms with van der Waals surface area (Å²) in [4.78, 5) is 12.1. The number of halogens is 2. The zero-order chi connectivity index (χ0) is 17.0. The first kappa shape index (κ1) is 17.4. The van der Waals surface area contributed by atoms with Crippen LogP contribution in [0.1, 0.15) is 0 Å². The minimum Gasteiger partial charge on any atom is -0.322 e. The molecule has 0 heterocycles. The number of sulfonamides is 1. The SMILES string of the molecule is CS(=O)(=O)N(CC(=O)Nc1ccc(Br)cc1F)c1ccccc1. The number of carbonyl (C=O) groups excluding carboxylic acids is 1. The van der Waals surface area contributed by atoms with Crippen molar-refractivity contribution in [3.63, 3.8) is 0 Å². The van der Waals surface area contributed by atoms with Gasteiger partial charge in [-0.05, 0) is 30.3 Å². The molecular formula is C15H14BrFN2O3S. The molecule has 8 heteroatoms. The molecule has 1 amide bonds. The van der Waals surface area contributed by atoms with Crippen LogP contribution in [0.4, 0.5) is 15.8 Å². The molecule has 23 heavy (non-hydrogen) atoms. The van der Waals surface area contributed by atoms with Crippen LogP contribution in [0.3, 0.4) is 0 Å². The van der Waals surface area contributed by atoms with Crippen LogP contribution >= 0.6 is 15.9 Å². The molecule has 0 saturated carbocycles. The predicted octanol–water partition coefficient (Wildman–Crippen LogP) is 2.99. The maximum atomic E-state index is 13.7. The summed E-state index contributed by atoms with van der Waals surface area (Å²) in [5, 5.41) is 2.37. The summed E-state index contributed by atoms with van der Waals surface area (Å²) in [6.07, 6.45) is 1.01. The van der Waals surface area contributed by atoms with Gasteiger partial charge in [0, 0.05) is 4.47 Å². The number of carbonyl (C=O) groups is 1. The largest absolute Gasteiger partial charge is 0.322 e. The number of anilines is 2. The summed E-state index contributed by atoms with van der Waals surface area (Å²) in [5.74, 6) is -1.25. The Labute approximate surface area is 142 Å². The van der Waals surface area contributed by atoms with Gasteiger partial charge >= 0.3 is 0 Å². The Morgan fingerprint density at radius 1 is 1.22 bits per heavy atom. The van der Waals surface area contributed by atoms with Crippen LogP contribution in [-0.2, 0) is 14.8 Å². The Balaban J connectivity index is 2.19. The summed E-state index contributed by atoms with van der Waals surface area (Å²) >= 11 is 3.12. The van der Waals surface area contributed by atoms with Crippen LogP contribution < -0.4 is 9.62 Å². The first-order valence-corrected chi connectivity index (χ1v) is 9.19. The topological polar surface area (TPSA) is 66.5 Å². The molecule has 0 bridgehead atoms. The molecule has 0 saturated heterocycles. The van der Waals surface area contributed by atoms with E-state index >= 15 is 0 Å². The van der Waals surface area contributed by atoms with E-state index in [1.165, 1.54) is 12.1 Å². The molecule has 0 radical (unpaired) electrons. The average molecular weight is 401 g/mol. The molecule has 2 aromatic rings. The summed E-state index contributed by atoms with van der Waals surface area (Å²) in [7, 11) is -3.65. The fourth-order valence-corrected chi connectivity index (χ4v) is 3.09. The predicted molar refractivity (Wildman–Crippen MR) is 91.4 cm³/mol. The normalized spacial score (nSPS) is 11.1. The summed E-state index contributed by atoms with van der Waals surface area (Å²) in [5.41, 5.74) is 0.348. The Morgan fingerprint density at radius 2 is 1.87 bits per heavy atom. The third-order valence-corrected chi connectivity index (χ3v) is 4.57. The van der Waals surface area contributed by atoms with Gasteiger partial charge in [0.1, 0.15) is 12.4 Å². The van der Waals surface area contributed by atoms with Crippen LogP contribution in [0.5, 0.6) is 0 Å². The lowest BCUT2D eigenvalue weighted by atomic mass is 10.3. The van der Waals surface area contributed by atoms with Crippen molar-refractivity contribution in [3.8, 4) is 0 Å². The van der Waals surface area contributed by atoms with Crippen molar-refractivity contribution < 1.29 is 17.6 Å². The summed E-state index contributed by atoms with van der Waals surface area (Å²) in [6.45, 7) is -0.446. The quantitative estimate of drug-likeness (QED) is 0.838. The van der Waals surface area contributed by atoms with E-state index in [4.69, 9.17) is 0 Å². The highest BCUT2D eigenvalue weighted by Gasteiger charge is 2.21. The van der Waals surface area contributed by atoms with Crippen molar-refractivity contribution in [1.29, 1.82) is 0 Å². The van der Waals surface area contributed by atoms with E-state index in [2.05, 4.69) is 21.2 Å². The van der Waals surface area contributed by atoms with E-state index in [-0.39, 0.29) is 5.69 Å². The van der Waals surface area contributed by atoms with Gasteiger partial charge in [0.05, 0.1) is 17.6 Å². The second kappa shape index (κ2) is 7.10. The van der Waals surface area contributed by atoms with Gasteiger partial charge in [0.25, 0.3) is 0 Å². The molecule has 5 nitrogen and oxygen atoms in total. The number of benzene rings is 2. The zero-order valence-electron chi connectivity index (χ0n) is 12.2. The van der Waals surface area contributed by atoms with Crippen LogP contribution in [0.2, 0.25) is 0 Å². The third kappa shape index (κ3) is 4.77. The van der Waals surface area contributed by atoms with Gasteiger partial charge < -0.3 is 5.32 Å². The first-order valence-electron chi connectivity index (χ1n) is 6.55. The maximum Gasteiger partial charge on any atom is 0.245 e. The van der Waals surface area contributed by atoms with Gasteiger partial charge in [0.2, 0.25) is 15.9 Å². The van der Waals surface area contributed by atoms with Gasteiger partial charge in [-0.3, -0.25) is 9.10 Å². The fraction of sp³-hybridized carbons (Fsp3) is 0.133. The Morgan fingerprint density at radius 3 is 2.43 bits per heavy atom. The number of hydrogen-bond donors (Lipinski definition) is 1. The maximum absolute atomic E-state index is 13.7. The van der Waals surface area contributed by atoms with E-state index in [0.29, 0.717) is 10.2 Å². The smallest absolute Gasteiger partial charge is 0.245 e. The highest BCUT2D eigenvalue weighted by atomic mass is 79.9. The molecule has 0 spiro atoms. The highest BCUT2D eigenvalue weighted by molar-refractivity contribution is 9.10. The monoisotopic (exact) mass is 400 g/mol. The van der Waals surface area contributed by atoms with E-state index in [1.54, 1.807) is 36.4 Å². The Hall–Kier alpha value is -1.93. The van der Waals surface area contributed by atoms with Gasteiger partial charge in [-0.1, -0.05) is 34.1 Å². The molecule has 0 fully saturated rings. The van der Waals surface area contributed by atoms with Crippen LogP contribution in [-0.4, -0.2) is 27.1 Å². The molecule has 2 rings (SSSR count). The van der Waals surface area contributed by atoms with Crippen LogP contribution in [0, 0.1) is 5.82 Å². The molecule has 0 atom stereocenters. The number of nitrogens with zero attached hydrogens (tertiary/aromatic N) is 1. The number of nitrogens with one attached hydrogen (secondary N) is 1. The lowest BCUT2D eigenvalue weighted by Crippen LogP contribution is -2.37. The van der Waals surface area contributed by atoms with Gasteiger partial charge in [0.15, 0.2) is 0 Å². The molecule has 0 unspecified atom stereocenters. The fourth-order valence-electron chi connectivity index (χ4n) is 1.91. The van der Waals surface area contributed by atoms with E-state index in [0.717, 1.165) is 10.6 Å². The lowest BCUT2D eigenvalue weighted by Gasteiger charge is -2.21. The number of hydrogen-bond acceptors (Lipinski definition) is 3. The van der Waals surface area contributed by atoms with Gasteiger partial charge in [-0.15, -0.1) is 0 Å².